The van der Waals surface area contributed by atoms with Gasteiger partial charge in [-0.2, -0.15) is 0 Å². The van der Waals surface area contributed by atoms with E-state index in [9.17, 15) is 4.79 Å². The van der Waals surface area contributed by atoms with Crippen LogP contribution in [-0.2, 0) is 5.75 Å². The monoisotopic (exact) mass is 414 g/mol. The van der Waals surface area contributed by atoms with E-state index in [-0.39, 0.29) is 5.56 Å². The highest BCUT2D eigenvalue weighted by atomic mass is 32.2. The van der Waals surface area contributed by atoms with Crippen LogP contribution in [0.5, 0.6) is 5.75 Å². The number of hydrogen-bond donors (Lipinski definition) is 0. The highest BCUT2D eigenvalue weighted by Crippen LogP contribution is 2.26. The van der Waals surface area contributed by atoms with Crippen molar-refractivity contribution in [3.8, 4) is 11.4 Å². The van der Waals surface area contributed by atoms with Gasteiger partial charge in [0.2, 0.25) is 5.78 Å². The Morgan fingerprint density at radius 2 is 1.63 bits per heavy atom. The van der Waals surface area contributed by atoms with Crippen LogP contribution in [0.3, 0.4) is 0 Å². The molecule has 2 heterocycles. The number of fused-ring (bicyclic) bond motifs is 3. The van der Waals surface area contributed by atoms with Crippen molar-refractivity contribution in [3.05, 3.63) is 94.8 Å². The number of rotatable bonds is 5. The van der Waals surface area contributed by atoms with Crippen molar-refractivity contribution in [2.24, 2.45) is 0 Å². The van der Waals surface area contributed by atoms with Crippen LogP contribution in [0.4, 0.5) is 0 Å². The average molecular weight is 414 g/mol. The molecule has 7 heteroatoms. The van der Waals surface area contributed by atoms with Gasteiger partial charge in [-0.25, -0.2) is 4.57 Å². The third-order valence-corrected chi connectivity index (χ3v) is 5.94. The molecule has 0 saturated heterocycles. The Balaban J connectivity index is 1.71. The van der Waals surface area contributed by atoms with E-state index in [0.29, 0.717) is 16.9 Å². The summed E-state index contributed by atoms with van der Waals surface area (Å²) < 4.78 is 8.80. The lowest BCUT2D eigenvalue weighted by Gasteiger charge is -2.11. The fourth-order valence-corrected chi connectivity index (χ4v) is 4.35. The van der Waals surface area contributed by atoms with Crippen LogP contribution in [-0.4, -0.2) is 26.3 Å². The van der Waals surface area contributed by atoms with Gasteiger partial charge >= 0.3 is 0 Å². The number of ether oxygens (including phenoxy) is 1. The van der Waals surface area contributed by atoms with Gasteiger partial charge in [-0.3, -0.25) is 9.20 Å². The number of aromatic nitrogens is 4. The smallest absolute Gasteiger partial charge is 0.267 e. The van der Waals surface area contributed by atoms with Crippen molar-refractivity contribution in [1.82, 2.24) is 19.2 Å². The van der Waals surface area contributed by atoms with Crippen molar-refractivity contribution in [2.45, 2.75) is 10.9 Å². The molecule has 0 bridgehead atoms. The quantitative estimate of drug-likeness (QED) is 0.401. The number of para-hydroxylation sites is 1. The molecule has 0 amide bonds. The van der Waals surface area contributed by atoms with E-state index >= 15 is 0 Å². The molecular formula is C23H18N4O2S. The molecule has 0 aliphatic carbocycles. The van der Waals surface area contributed by atoms with Crippen LogP contribution in [0.2, 0.25) is 0 Å². The van der Waals surface area contributed by atoms with Crippen molar-refractivity contribution in [2.75, 3.05) is 7.11 Å². The molecule has 30 heavy (non-hydrogen) atoms. The first kappa shape index (κ1) is 18.4. The van der Waals surface area contributed by atoms with Crippen molar-refractivity contribution in [1.29, 1.82) is 0 Å². The maximum absolute atomic E-state index is 13.3. The maximum Gasteiger partial charge on any atom is 0.267 e. The second-order valence-corrected chi connectivity index (χ2v) is 7.69. The SMILES string of the molecule is COc1ccc(-n2c(=O)c3ccccc3n3c(SCc4ccccc4)nnc23)cc1. The molecular weight excluding hydrogens is 396 g/mol. The zero-order chi connectivity index (χ0) is 20.5. The molecule has 0 N–H and O–H groups in total. The lowest BCUT2D eigenvalue weighted by molar-refractivity contribution is 0.414. The number of thioether (sulfide) groups is 1. The van der Waals surface area contributed by atoms with Crippen LogP contribution in [0.25, 0.3) is 22.4 Å². The van der Waals surface area contributed by atoms with E-state index in [2.05, 4.69) is 22.3 Å². The summed E-state index contributed by atoms with van der Waals surface area (Å²) in [6.45, 7) is 0. The molecule has 0 aliphatic rings. The van der Waals surface area contributed by atoms with Crippen LogP contribution < -0.4 is 10.3 Å². The topological polar surface area (TPSA) is 61.4 Å². The Bertz CT molecular complexity index is 1390. The Labute approximate surface area is 176 Å². The molecule has 0 radical (unpaired) electrons. The Hall–Kier alpha value is -3.58. The predicted molar refractivity (Wildman–Crippen MR) is 119 cm³/mol. The Morgan fingerprint density at radius 3 is 2.40 bits per heavy atom. The van der Waals surface area contributed by atoms with Crippen LogP contribution >= 0.6 is 11.8 Å². The normalized spacial score (nSPS) is 11.2. The van der Waals surface area contributed by atoms with Gasteiger partial charge in [0.25, 0.3) is 5.56 Å². The maximum atomic E-state index is 13.3. The van der Waals surface area contributed by atoms with E-state index in [1.54, 1.807) is 23.4 Å². The minimum atomic E-state index is -0.129. The molecule has 3 aromatic carbocycles. The number of benzene rings is 3. The lowest BCUT2D eigenvalue weighted by Crippen LogP contribution is -2.21. The predicted octanol–water partition coefficient (Wildman–Crippen LogP) is 4.33. The lowest BCUT2D eigenvalue weighted by atomic mass is 10.2. The van der Waals surface area contributed by atoms with Gasteiger partial charge < -0.3 is 4.74 Å². The molecule has 5 aromatic rings. The van der Waals surface area contributed by atoms with E-state index in [1.807, 2.05) is 71.1 Å². The summed E-state index contributed by atoms with van der Waals surface area (Å²) in [5.74, 6) is 1.97. The van der Waals surface area contributed by atoms with Crippen molar-refractivity contribution >= 4 is 28.4 Å². The average Bonchev–Trinajstić information content (AvgIpc) is 3.23. The highest BCUT2D eigenvalue weighted by molar-refractivity contribution is 7.98. The molecule has 2 aromatic heterocycles. The minimum absolute atomic E-state index is 0.129. The summed E-state index contributed by atoms with van der Waals surface area (Å²) in [6, 6.07) is 25.1. The van der Waals surface area contributed by atoms with Gasteiger partial charge in [0.15, 0.2) is 5.16 Å². The summed E-state index contributed by atoms with van der Waals surface area (Å²) in [7, 11) is 1.62. The minimum Gasteiger partial charge on any atom is -0.497 e. The summed E-state index contributed by atoms with van der Waals surface area (Å²) in [4.78, 5) is 13.3. The number of hydrogen-bond acceptors (Lipinski definition) is 5. The zero-order valence-corrected chi connectivity index (χ0v) is 17.0. The molecule has 0 unspecified atom stereocenters. The van der Waals surface area contributed by atoms with E-state index in [0.717, 1.165) is 22.2 Å². The molecule has 0 atom stereocenters. The first-order chi connectivity index (χ1) is 14.8. The van der Waals surface area contributed by atoms with Crippen molar-refractivity contribution in [3.63, 3.8) is 0 Å². The van der Waals surface area contributed by atoms with Gasteiger partial charge in [-0.05, 0) is 42.0 Å². The fraction of sp³-hybridized carbons (Fsp3) is 0.0870. The molecule has 0 spiro atoms. The first-order valence-corrected chi connectivity index (χ1v) is 10.4. The second-order valence-electron chi connectivity index (χ2n) is 6.75. The summed E-state index contributed by atoms with van der Waals surface area (Å²) in [6.07, 6.45) is 0. The largest absolute Gasteiger partial charge is 0.497 e. The Morgan fingerprint density at radius 1 is 0.900 bits per heavy atom. The van der Waals surface area contributed by atoms with E-state index < -0.39 is 0 Å². The van der Waals surface area contributed by atoms with Gasteiger partial charge in [0.05, 0.1) is 23.7 Å². The Kier molecular flexibility index (Phi) is 4.72. The van der Waals surface area contributed by atoms with Crippen molar-refractivity contribution < 1.29 is 4.74 Å². The number of nitrogens with zero attached hydrogens (tertiary/aromatic N) is 4. The fourth-order valence-electron chi connectivity index (χ4n) is 3.46. The van der Waals surface area contributed by atoms with Crippen LogP contribution in [0.15, 0.2) is 88.8 Å². The standard InChI is InChI=1S/C23H18N4O2S/c1-29-18-13-11-17(12-14-18)26-21(28)19-9-5-6-10-20(19)27-22(26)24-25-23(27)30-15-16-7-3-2-4-8-16/h2-14H,15H2,1H3. The molecule has 0 aliphatic heterocycles. The molecule has 0 fully saturated rings. The summed E-state index contributed by atoms with van der Waals surface area (Å²) >= 11 is 1.59. The van der Waals surface area contributed by atoms with Crippen LogP contribution in [0.1, 0.15) is 5.56 Å². The van der Waals surface area contributed by atoms with Gasteiger partial charge in [0.1, 0.15) is 5.75 Å². The highest BCUT2D eigenvalue weighted by Gasteiger charge is 2.18. The van der Waals surface area contributed by atoms with E-state index in [4.69, 9.17) is 4.74 Å². The second kappa shape index (κ2) is 7.68. The third kappa shape index (κ3) is 3.13. The number of methoxy groups -OCH3 is 1. The van der Waals surface area contributed by atoms with Crippen LogP contribution in [0, 0.1) is 0 Å². The van der Waals surface area contributed by atoms with Gasteiger partial charge in [-0.15, -0.1) is 10.2 Å². The molecule has 148 valence electrons. The molecule has 0 saturated carbocycles. The van der Waals surface area contributed by atoms with E-state index in [1.165, 1.54) is 5.56 Å². The van der Waals surface area contributed by atoms with Gasteiger partial charge in [-0.1, -0.05) is 54.2 Å². The summed E-state index contributed by atoms with van der Waals surface area (Å²) in [5.41, 5.74) is 2.58. The molecule has 6 nitrogen and oxygen atoms in total. The zero-order valence-electron chi connectivity index (χ0n) is 16.2. The third-order valence-electron chi connectivity index (χ3n) is 4.94. The molecule has 5 rings (SSSR count). The van der Waals surface area contributed by atoms with Gasteiger partial charge in [0, 0.05) is 5.75 Å². The summed E-state index contributed by atoms with van der Waals surface area (Å²) in [5, 5.41) is 10.2. The first-order valence-electron chi connectivity index (χ1n) is 9.46.